The number of likely N-dealkylation sites (tertiary alicyclic amines) is 1. The molecule has 1 fully saturated rings. The molecule has 1 aromatic rings. The van der Waals surface area contributed by atoms with Gasteiger partial charge in [0.25, 0.3) is 0 Å². The van der Waals surface area contributed by atoms with Crippen molar-refractivity contribution in [2.75, 3.05) is 19.6 Å². The van der Waals surface area contributed by atoms with Gasteiger partial charge in [0.05, 0.1) is 12.2 Å². The van der Waals surface area contributed by atoms with E-state index in [0.717, 1.165) is 5.76 Å². The average Bonchev–Trinajstić information content (AvgIpc) is 2.75. The van der Waals surface area contributed by atoms with Crippen LogP contribution in [-0.4, -0.2) is 34.9 Å². The molecule has 4 nitrogen and oxygen atoms in total. The van der Waals surface area contributed by atoms with Crippen molar-refractivity contribution in [3.05, 3.63) is 18.4 Å². The number of alkyl halides is 1. The smallest absolute Gasteiger partial charge is 0.180 e. The molecular formula is C10H17FN3OP. The number of piperidine rings is 1. The van der Waals surface area contributed by atoms with Crippen LogP contribution in [-0.2, 0) is 0 Å². The van der Waals surface area contributed by atoms with E-state index in [9.17, 15) is 4.39 Å². The third-order valence-electron chi connectivity index (χ3n) is 3.07. The number of aromatic nitrogens is 1. The summed E-state index contributed by atoms with van der Waals surface area (Å²) in [5.74, 6) is 0.762. The van der Waals surface area contributed by atoms with E-state index >= 15 is 0 Å². The van der Waals surface area contributed by atoms with Crippen molar-refractivity contribution in [2.45, 2.75) is 24.3 Å². The summed E-state index contributed by atoms with van der Waals surface area (Å²) >= 11 is 0. The number of oxazole rings is 1. The second kappa shape index (κ2) is 4.78. The molecule has 6 heteroatoms. The molecule has 0 spiro atoms. The summed E-state index contributed by atoms with van der Waals surface area (Å²) in [5, 5.41) is -1.11. The second-order valence-electron chi connectivity index (χ2n) is 4.23. The van der Waals surface area contributed by atoms with Gasteiger partial charge in [-0.2, -0.15) is 0 Å². The summed E-state index contributed by atoms with van der Waals surface area (Å²) in [7, 11) is 2.29. The van der Waals surface area contributed by atoms with Crippen molar-refractivity contribution in [1.82, 2.24) is 9.88 Å². The van der Waals surface area contributed by atoms with Crippen LogP contribution in [0.15, 0.2) is 17.0 Å². The third kappa shape index (κ3) is 2.59. The molecule has 0 aliphatic carbocycles. The van der Waals surface area contributed by atoms with Crippen LogP contribution in [0.5, 0.6) is 0 Å². The van der Waals surface area contributed by atoms with E-state index in [1.54, 1.807) is 6.20 Å². The lowest BCUT2D eigenvalue weighted by molar-refractivity contribution is 0.0871. The highest BCUT2D eigenvalue weighted by Gasteiger charge is 2.33. The molecule has 1 aliphatic heterocycles. The molecule has 2 rings (SSSR count). The van der Waals surface area contributed by atoms with Gasteiger partial charge in [-0.15, -0.1) is 0 Å². The number of nitrogens with two attached hydrogens (primary N) is 1. The SMILES string of the molecule is NCC(c1cnco1)N1CCC(F)(P)CC1. The molecule has 0 bridgehead atoms. The molecule has 90 valence electrons. The van der Waals surface area contributed by atoms with Crippen molar-refractivity contribution in [3.8, 4) is 0 Å². The van der Waals surface area contributed by atoms with E-state index in [0.29, 0.717) is 32.5 Å². The van der Waals surface area contributed by atoms with Crippen molar-refractivity contribution in [3.63, 3.8) is 0 Å². The minimum Gasteiger partial charge on any atom is -0.447 e. The van der Waals surface area contributed by atoms with E-state index in [2.05, 4.69) is 19.1 Å². The fourth-order valence-electron chi connectivity index (χ4n) is 2.04. The first-order chi connectivity index (χ1) is 7.62. The van der Waals surface area contributed by atoms with Gasteiger partial charge >= 0.3 is 0 Å². The summed E-state index contributed by atoms with van der Waals surface area (Å²) in [6, 6.07) is 0.0172. The van der Waals surface area contributed by atoms with Gasteiger partial charge in [0.2, 0.25) is 0 Å². The molecule has 2 atom stereocenters. The van der Waals surface area contributed by atoms with E-state index in [4.69, 9.17) is 10.2 Å². The maximum Gasteiger partial charge on any atom is 0.180 e. The molecule has 0 saturated carbocycles. The van der Waals surface area contributed by atoms with Crippen LogP contribution in [0.4, 0.5) is 4.39 Å². The molecule has 1 saturated heterocycles. The maximum atomic E-state index is 13.6. The zero-order valence-electron chi connectivity index (χ0n) is 9.10. The first-order valence-electron chi connectivity index (χ1n) is 5.43. The van der Waals surface area contributed by atoms with Gasteiger partial charge in [-0.1, -0.05) is 9.24 Å². The summed E-state index contributed by atoms with van der Waals surface area (Å²) < 4.78 is 18.9. The van der Waals surface area contributed by atoms with Crippen LogP contribution in [0.1, 0.15) is 24.6 Å². The van der Waals surface area contributed by atoms with Gasteiger partial charge < -0.3 is 10.2 Å². The Balaban J connectivity index is 2.02. The predicted molar refractivity (Wildman–Crippen MR) is 62.7 cm³/mol. The molecule has 0 radical (unpaired) electrons. The molecule has 0 aromatic carbocycles. The molecule has 2 unspecified atom stereocenters. The minimum atomic E-state index is -1.11. The van der Waals surface area contributed by atoms with Crippen LogP contribution < -0.4 is 5.73 Å². The van der Waals surface area contributed by atoms with Gasteiger partial charge in [-0.05, 0) is 12.8 Å². The topological polar surface area (TPSA) is 55.3 Å². The Bertz CT molecular complexity index is 321. The Morgan fingerprint density at radius 1 is 1.62 bits per heavy atom. The molecular weight excluding hydrogens is 228 g/mol. The molecule has 2 N–H and O–H groups in total. The number of halogens is 1. The third-order valence-corrected chi connectivity index (χ3v) is 3.65. The standard InChI is InChI=1S/C10H17FN3OP/c11-10(16)1-3-14(4-2-10)8(5-12)9-6-13-7-15-9/h6-8H,1-5,12,16H2. The van der Waals surface area contributed by atoms with Crippen LogP contribution in [0.25, 0.3) is 0 Å². The lowest BCUT2D eigenvalue weighted by atomic mass is 10.0. The van der Waals surface area contributed by atoms with Gasteiger partial charge in [0, 0.05) is 19.6 Å². The number of hydrogen-bond donors (Lipinski definition) is 1. The summed E-state index contributed by atoms with van der Waals surface area (Å²) in [6.07, 6.45) is 4.11. The lowest BCUT2D eigenvalue weighted by Gasteiger charge is -2.37. The highest BCUT2D eigenvalue weighted by atomic mass is 31.0. The summed E-state index contributed by atoms with van der Waals surface area (Å²) in [6.45, 7) is 1.86. The van der Waals surface area contributed by atoms with Gasteiger partial charge in [-0.25, -0.2) is 9.37 Å². The highest BCUT2D eigenvalue weighted by molar-refractivity contribution is 7.18. The van der Waals surface area contributed by atoms with Crippen LogP contribution >= 0.6 is 9.24 Å². The Hall–Kier alpha value is -0.510. The highest BCUT2D eigenvalue weighted by Crippen LogP contribution is 2.35. The Morgan fingerprint density at radius 2 is 2.31 bits per heavy atom. The Morgan fingerprint density at radius 3 is 2.81 bits per heavy atom. The average molecular weight is 245 g/mol. The number of nitrogens with zero attached hydrogens (tertiary/aromatic N) is 2. The Kier molecular flexibility index (Phi) is 3.57. The van der Waals surface area contributed by atoms with Crippen molar-refractivity contribution in [2.24, 2.45) is 5.73 Å². The van der Waals surface area contributed by atoms with Crippen LogP contribution in [0.3, 0.4) is 0 Å². The Labute approximate surface area is 96.6 Å². The van der Waals surface area contributed by atoms with E-state index in [-0.39, 0.29) is 6.04 Å². The van der Waals surface area contributed by atoms with Crippen molar-refractivity contribution in [1.29, 1.82) is 0 Å². The second-order valence-corrected chi connectivity index (χ2v) is 5.26. The van der Waals surface area contributed by atoms with Gasteiger partial charge in [0.15, 0.2) is 6.39 Å². The minimum absolute atomic E-state index is 0.0172. The van der Waals surface area contributed by atoms with E-state index in [1.165, 1.54) is 6.39 Å². The van der Waals surface area contributed by atoms with E-state index in [1.807, 2.05) is 0 Å². The molecule has 1 aliphatic rings. The largest absolute Gasteiger partial charge is 0.447 e. The first-order valence-corrected chi connectivity index (χ1v) is 6.00. The van der Waals surface area contributed by atoms with Crippen molar-refractivity contribution >= 4 is 9.24 Å². The first kappa shape index (κ1) is 12.0. The zero-order chi connectivity index (χ0) is 11.6. The monoisotopic (exact) mass is 245 g/mol. The van der Waals surface area contributed by atoms with Crippen LogP contribution in [0.2, 0.25) is 0 Å². The maximum absolute atomic E-state index is 13.6. The number of rotatable bonds is 3. The molecule has 1 aromatic heterocycles. The summed E-state index contributed by atoms with van der Waals surface area (Å²) in [5.41, 5.74) is 5.73. The predicted octanol–water partition coefficient (Wildman–Crippen LogP) is 1.31. The number of hydrogen-bond acceptors (Lipinski definition) is 4. The molecule has 2 heterocycles. The fourth-order valence-corrected chi connectivity index (χ4v) is 2.30. The normalized spacial score (nSPS) is 23.2. The summed E-state index contributed by atoms with van der Waals surface area (Å²) in [4.78, 5) is 6.04. The quantitative estimate of drug-likeness (QED) is 0.816. The van der Waals surface area contributed by atoms with Gasteiger partial charge in [0.1, 0.15) is 11.2 Å². The fraction of sp³-hybridized carbons (Fsp3) is 0.700. The molecule has 16 heavy (non-hydrogen) atoms. The zero-order valence-corrected chi connectivity index (χ0v) is 10.3. The molecule has 0 amide bonds. The van der Waals surface area contributed by atoms with Crippen LogP contribution in [0, 0.1) is 0 Å². The van der Waals surface area contributed by atoms with Crippen molar-refractivity contribution < 1.29 is 8.81 Å². The van der Waals surface area contributed by atoms with Gasteiger partial charge in [-0.3, -0.25) is 4.90 Å². The van der Waals surface area contributed by atoms with E-state index < -0.39 is 5.41 Å². The lowest BCUT2D eigenvalue weighted by Crippen LogP contribution is -2.42.